The molecule has 390 valence electrons. The number of aliphatic hydroxyl groups is 1. The molecule has 0 bridgehead atoms. The van der Waals surface area contributed by atoms with Crippen LogP contribution in [-0.2, 0) is 18.4 Å². The smallest absolute Gasteiger partial charge is 0.268 e. The van der Waals surface area contributed by atoms with Gasteiger partial charge in [-0.05, 0) is 12.8 Å². The first-order valence-corrected chi connectivity index (χ1v) is 30.3. The van der Waals surface area contributed by atoms with Crippen molar-refractivity contribution in [2.45, 2.75) is 315 Å². The van der Waals surface area contributed by atoms with Crippen LogP contribution in [0.1, 0.15) is 303 Å². The number of carbonyl (C=O) groups excluding carboxylic acids is 1. The molecule has 8 nitrogen and oxygen atoms in total. The van der Waals surface area contributed by atoms with Crippen molar-refractivity contribution in [2.75, 3.05) is 40.9 Å². The van der Waals surface area contributed by atoms with Crippen molar-refractivity contribution in [1.29, 1.82) is 0 Å². The van der Waals surface area contributed by atoms with E-state index in [2.05, 4.69) is 19.2 Å². The van der Waals surface area contributed by atoms with E-state index in [9.17, 15) is 19.4 Å². The Morgan fingerprint density at radius 3 is 1.05 bits per heavy atom. The fraction of sp³-hybridized carbons (Fsp3) is 0.982. The lowest BCUT2D eigenvalue weighted by molar-refractivity contribution is -0.870. The first-order chi connectivity index (χ1) is 31.5. The van der Waals surface area contributed by atoms with Gasteiger partial charge in [-0.25, -0.2) is 0 Å². The minimum absolute atomic E-state index is 0.0164. The van der Waals surface area contributed by atoms with Crippen LogP contribution in [0.15, 0.2) is 0 Å². The number of nitrogens with zero attached hydrogens (tertiary/aromatic N) is 1. The second-order valence-electron chi connectivity index (χ2n) is 21.4. The summed E-state index contributed by atoms with van der Waals surface area (Å²) in [5.41, 5.74) is 0. The molecule has 0 rings (SSSR count). The zero-order chi connectivity index (χ0) is 47.8. The normalized spacial score (nSPS) is 13.9. The fourth-order valence-corrected chi connectivity index (χ4v) is 9.77. The predicted molar refractivity (Wildman–Crippen MR) is 279 cm³/mol. The summed E-state index contributed by atoms with van der Waals surface area (Å²) >= 11 is 0. The molecule has 0 aromatic carbocycles. The molecule has 65 heavy (non-hydrogen) atoms. The molecule has 0 spiro atoms. The molecule has 0 saturated carbocycles. The van der Waals surface area contributed by atoms with E-state index >= 15 is 0 Å². The Hall–Kier alpha value is -0.500. The molecule has 0 radical (unpaired) electrons. The van der Waals surface area contributed by atoms with Crippen LogP contribution in [0, 0.1) is 0 Å². The van der Waals surface area contributed by atoms with Crippen LogP contribution in [0.5, 0.6) is 0 Å². The van der Waals surface area contributed by atoms with E-state index in [1.165, 1.54) is 238 Å². The highest BCUT2D eigenvalue weighted by Crippen LogP contribution is 2.38. The van der Waals surface area contributed by atoms with Gasteiger partial charge in [-0.3, -0.25) is 9.36 Å². The van der Waals surface area contributed by atoms with Crippen LogP contribution >= 0.6 is 7.82 Å². The van der Waals surface area contributed by atoms with Crippen molar-refractivity contribution < 1.29 is 32.9 Å². The van der Waals surface area contributed by atoms with Gasteiger partial charge in [0.25, 0.3) is 7.82 Å². The number of amides is 1. The van der Waals surface area contributed by atoms with E-state index in [-0.39, 0.29) is 19.1 Å². The summed E-state index contributed by atoms with van der Waals surface area (Å²) in [6.45, 7) is 4.76. The lowest BCUT2D eigenvalue weighted by atomic mass is 10.0. The van der Waals surface area contributed by atoms with E-state index in [0.29, 0.717) is 23.9 Å². The number of likely N-dealkylation sites (N-methyl/N-ethyl adjacent to an activating group) is 1. The van der Waals surface area contributed by atoms with Crippen molar-refractivity contribution >= 4 is 13.7 Å². The molecule has 0 heterocycles. The second kappa shape index (κ2) is 48.5. The first-order valence-electron chi connectivity index (χ1n) is 28.9. The second-order valence-corrected chi connectivity index (χ2v) is 22.8. The summed E-state index contributed by atoms with van der Waals surface area (Å²) in [6, 6.07) is -0.794. The Balaban J connectivity index is 3.96. The van der Waals surface area contributed by atoms with Crippen molar-refractivity contribution in [2.24, 2.45) is 0 Å². The highest BCUT2D eigenvalue weighted by atomic mass is 31.2. The van der Waals surface area contributed by atoms with E-state index in [1.807, 2.05) is 21.1 Å². The number of phosphoric ester groups is 1. The molecule has 0 aliphatic heterocycles. The van der Waals surface area contributed by atoms with Gasteiger partial charge in [0.05, 0.1) is 39.9 Å². The number of phosphoric acid groups is 1. The third kappa shape index (κ3) is 51.2. The van der Waals surface area contributed by atoms with Crippen molar-refractivity contribution in [3.63, 3.8) is 0 Å². The summed E-state index contributed by atoms with van der Waals surface area (Å²) in [7, 11) is 1.32. The average molecular weight is 944 g/mol. The van der Waals surface area contributed by atoms with E-state index in [0.717, 1.165) is 38.5 Å². The number of carbonyl (C=O) groups is 1. The number of nitrogens with one attached hydrogen (secondary N) is 1. The zero-order valence-electron chi connectivity index (χ0n) is 44.5. The van der Waals surface area contributed by atoms with Crippen molar-refractivity contribution in [3.8, 4) is 0 Å². The quantitative estimate of drug-likeness (QED) is 0.0357. The van der Waals surface area contributed by atoms with Gasteiger partial charge < -0.3 is 28.8 Å². The third-order valence-corrected chi connectivity index (χ3v) is 14.6. The molecular weight excluding hydrogens is 828 g/mol. The predicted octanol–water partition coefficient (Wildman–Crippen LogP) is 16.6. The molecule has 2 N–H and O–H groups in total. The van der Waals surface area contributed by atoms with Gasteiger partial charge in [0.2, 0.25) is 5.91 Å². The topological polar surface area (TPSA) is 108 Å². The minimum atomic E-state index is -4.56. The van der Waals surface area contributed by atoms with E-state index in [4.69, 9.17) is 9.05 Å². The summed E-state index contributed by atoms with van der Waals surface area (Å²) in [6.07, 6.45) is 57.2. The highest BCUT2D eigenvalue weighted by Gasteiger charge is 2.24. The SMILES string of the molecule is CCCCCCCCCCCCCCCCCCCCCCCCCCCCCCCCCC(O)C(COP(=O)([O-])OCC[N+](C)(C)C)NC(=O)CCCCCCCCCCCCCC. The highest BCUT2D eigenvalue weighted by molar-refractivity contribution is 7.45. The van der Waals surface area contributed by atoms with Gasteiger partial charge in [0.1, 0.15) is 13.2 Å². The average Bonchev–Trinajstić information content (AvgIpc) is 3.26. The monoisotopic (exact) mass is 943 g/mol. The number of hydrogen-bond donors (Lipinski definition) is 2. The van der Waals surface area contributed by atoms with Crippen molar-refractivity contribution in [1.82, 2.24) is 5.32 Å². The standard InChI is InChI=1S/C56H115N2O6P/c1-6-8-10-12-14-16-18-20-21-22-23-24-25-26-27-28-29-30-31-32-33-34-35-36-37-38-39-41-43-45-47-49-55(59)54(53-64-65(61,62)63-52-51-58(3,4)5)57-56(60)50-48-46-44-42-40-19-17-15-13-11-9-7-2/h54-55,59H,6-53H2,1-5H3,(H-,57,60,61,62). The summed E-state index contributed by atoms with van der Waals surface area (Å²) in [5.74, 6) is -0.160. The molecule has 1 amide bonds. The maximum atomic E-state index is 12.9. The van der Waals surface area contributed by atoms with Gasteiger partial charge in [-0.2, -0.15) is 0 Å². The Bertz CT molecular complexity index is 1030. The van der Waals surface area contributed by atoms with Gasteiger partial charge in [-0.1, -0.05) is 284 Å². The van der Waals surface area contributed by atoms with Gasteiger partial charge >= 0.3 is 0 Å². The number of unbranched alkanes of at least 4 members (excludes halogenated alkanes) is 41. The molecule has 0 aromatic heterocycles. The van der Waals surface area contributed by atoms with Gasteiger partial charge in [0.15, 0.2) is 0 Å². The maximum absolute atomic E-state index is 12.9. The summed E-state index contributed by atoms with van der Waals surface area (Å²) in [4.78, 5) is 25.4. The Kier molecular flexibility index (Phi) is 48.1. The molecule has 0 aliphatic carbocycles. The van der Waals surface area contributed by atoms with Crippen LogP contribution in [-0.4, -0.2) is 68.5 Å². The lowest BCUT2D eigenvalue weighted by Gasteiger charge is -2.30. The molecule has 0 aromatic rings. The van der Waals surface area contributed by atoms with Gasteiger partial charge in [0, 0.05) is 6.42 Å². The Morgan fingerprint density at radius 2 is 0.754 bits per heavy atom. The molecular formula is C56H115N2O6P. The van der Waals surface area contributed by atoms with Crippen LogP contribution in [0.3, 0.4) is 0 Å². The number of aliphatic hydroxyl groups excluding tert-OH is 1. The Morgan fingerprint density at radius 1 is 0.477 bits per heavy atom. The van der Waals surface area contributed by atoms with E-state index < -0.39 is 20.0 Å². The number of quaternary nitrogens is 1. The largest absolute Gasteiger partial charge is 0.756 e. The number of hydrogen-bond acceptors (Lipinski definition) is 6. The third-order valence-electron chi connectivity index (χ3n) is 13.6. The summed E-state index contributed by atoms with van der Waals surface area (Å²) < 4.78 is 23.4. The van der Waals surface area contributed by atoms with Crippen molar-refractivity contribution in [3.05, 3.63) is 0 Å². The zero-order valence-corrected chi connectivity index (χ0v) is 45.4. The van der Waals surface area contributed by atoms with Gasteiger partial charge in [-0.15, -0.1) is 0 Å². The first kappa shape index (κ1) is 64.5. The maximum Gasteiger partial charge on any atom is 0.268 e. The summed E-state index contributed by atoms with van der Waals surface area (Å²) in [5, 5.41) is 14.0. The molecule has 0 aliphatic rings. The molecule has 0 saturated heterocycles. The van der Waals surface area contributed by atoms with Crippen LogP contribution < -0.4 is 10.2 Å². The molecule has 3 unspecified atom stereocenters. The van der Waals surface area contributed by atoms with Crippen LogP contribution in [0.25, 0.3) is 0 Å². The fourth-order valence-electron chi connectivity index (χ4n) is 9.04. The van der Waals surface area contributed by atoms with E-state index in [1.54, 1.807) is 0 Å². The number of rotatable bonds is 54. The molecule has 3 atom stereocenters. The van der Waals surface area contributed by atoms with Crippen LogP contribution in [0.4, 0.5) is 0 Å². The van der Waals surface area contributed by atoms with Crippen LogP contribution in [0.2, 0.25) is 0 Å². The molecule has 9 heteroatoms. The minimum Gasteiger partial charge on any atom is -0.756 e. The molecule has 0 fully saturated rings. The Labute approximate surface area is 406 Å². The lowest BCUT2D eigenvalue weighted by Crippen LogP contribution is -2.46.